The largest absolute Gasteiger partial charge is 0.465 e. The summed E-state index contributed by atoms with van der Waals surface area (Å²) in [6, 6.07) is 5.60. The number of fused-ring (bicyclic) bond motifs is 1. The molecule has 2 aliphatic rings. The zero-order valence-corrected chi connectivity index (χ0v) is 20.5. The van der Waals surface area contributed by atoms with E-state index in [1.807, 2.05) is 23.9 Å². The number of carbonyl (C=O) groups is 1. The Balaban J connectivity index is 2.00. The highest BCUT2D eigenvalue weighted by Gasteiger charge is 2.56. The number of aromatic nitrogens is 2. The van der Waals surface area contributed by atoms with Crippen LogP contribution in [0.2, 0.25) is 10.0 Å². The highest BCUT2D eigenvalue weighted by molar-refractivity contribution is 7.99. The Morgan fingerprint density at radius 1 is 1.35 bits per heavy atom. The van der Waals surface area contributed by atoms with E-state index >= 15 is 0 Å². The molecule has 1 fully saturated rings. The summed E-state index contributed by atoms with van der Waals surface area (Å²) in [7, 11) is 1.92. The van der Waals surface area contributed by atoms with Crippen molar-refractivity contribution in [1.82, 2.24) is 14.7 Å². The highest BCUT2D eigenvalue weighted by Crippen LogP contribution is 2.56. The van der Waals surface area contributed by atoms with E-state index < -0.39 is 11.6 Å². The van der Waals surface area contributed by atoms with Crippen LogP contribution in [-0.2, 0) is 12.6 Å². The Bertz CT molecular complexity index is 1020. The number of likely N-dealkylation sites (tertiary alicyclic amines) is 1. The lowest BCUT2D eigenvalue weighted by molar-refractivity contribution is 0.0235. The lowest BCUT2D eigenvalue weighted by atomic mass is 9.68. The molecule has 3 heterocycles. The van der Waals surface area contributed by atoms with Gasteiger partial charge in [-0.25, -0.2) is 4.79 Å². The molecule has 1 unspecified atom stereocenters. The quantitative estimate of drug-likeness (QED) is 0.549. The number of amides is 1. The second kappa shape index (κ2) is 8.09. The van der Waals surface area contributed by atoms with Gasteiger partial charge in [0.15, 0.2) is 0 Å². The van der Waals surface area contributed by atoms with E-state index in [1.165, 1.54) is 0 Å². The molecule has 0 spiro atoms. The van der Waals surface area contributed by atoms with E-state index in [-0.39, 0.29) is 10.7 Å². The van der Waals surface area contributed by atoms with E-state index in [4.69, 9.17) is 28.3 Å². The minimum Gasteiger partial charge on any atom is -0.465 e. The second-order valence-corrected chi connectivity index (χ2v) is 11.3. The summed E-state index contributed by atoms with van der Waals surface area (Å²) < 4.78 is 1.86. The normalized spacial score (nSPS) is 23.9. The lowest BCUT2D eigenvalue weighted by Crippen LogP contribution is -2.53. The number of rotatable bonds is 2. The molecule has 2 N–H and O–H groups in total. The maximum absolute atomic E-state index is 12.4. The summed E-state index contributed by atoms with van der Waals surface area (Å²) in [5, 5.41) is 19.8. The number of benzene rings is 1. The van der Waals surface area contributed by atoms with Gasteiger partial charge in [-0.1, -0.05) is 50.0 Å². The number of nitrogens with zero attached hydrogens (tertiary/aromatic N) is 3. The molecule has 0 aliphatic carbocycles. The van der Waals surface area contributed by atoms with Crippen LogP contribution < -0.4 is 5.32 Å². The average Bonchev–Trinajstić information content (AvgIpc) is 3.18. The Morgan fingerprint density at radius 2 is 2.10 bits per heavy atom. The number of hydrogen-bond acceptors (Lipinski definition) is 4. The third kappa shape index (κ3) is 3.58. The first kappa shape index (κ1) is 22.6. The maximum Gasteiger partial charge on any atom is 0.408 e. The summed E-state index contributed by atoms with van der Waals surface area (Å²) in [6.45, 7) is 7.62. The van der Waals surface area contributed by atoms with Crippen molar-refractivity contribution in [3.05, 3.63) is 45.1 Å². The topological polar surface area (TPSA) is 70.4 Å². The molecule has 168 valence electrons. The first-order valence-corrected chi connectivity index (χ1v) is 12.3. The van der Waals surface area contributed by atoms with Crippen LogP contribution in [0.25, 0.3) is 0 Å². The van der Waals surface area contributed by atoms with Crippen LogP contribution in [0.5, 0.6) is 0 Å². The van der Waals surface area contributed by atoms with Crippen LogP contribution in [0.1, 0.15) is 55.7 Å². The fourth-order valence-electron chi connectivity index (χ4n) is 5.15. The monoisotopic (exact) mass is 482 g/mol. The fraction of sp³-hybridized carbons (Fsp3) is 0.545. The summed E-state index contributed by atoms with van der Waals surface area (Å²) in [5.74, 6) is 1.82. The predicted octanol–water partition coefficient (Wildman–Crippen LogP) is 5.99. The van der Waals surface area contributed by atoms with Crippen molar-refractivity contribution in [2.75, 3.05) is 24.2 Å². The molecule has 1 aromatic carbocycles. The van der Waals surface area contributed by atoms with Gasteiger partial charge in [-0.2, -0.15) is 5.10 Å². The Hall–Kier alpha value is -1.57. The standard InChI is InChI=1S/C22H28Cl2N4O2S/c1-21(2,3)22(8-5-10-28(22)20(29)30)18-16-17(14-7-6-13(23)12-15(14)24)31-11-9-25-19(16)27(4)26-18/h6-7,12,17,25H,5,8-11H2,1-4H3,(H,29,30)/t17?,22-/m1/s1. The average molecular weight is 483 g/mol. The number of thioether (sulfide) groups is 1. The molecule has 0 saturated carbocycles. The van der Waals surface area contributed by atoms with E-state index in [0.717, 1.165) is 47.8 Å². The van der Waals surface area contributed by atoms with Crippen LogP contribution in [0, 0.1) is 5.41 Å². The first-order chi connectivity index (χ1) is 14.6. The molecule has 0 bridgehead atoms. The number of nitrogens with one attached hydrogen (secondary N) is 1. The smallest absolute Gasteiger partial charge is 0.408 e. The number of hydrogen-bond donors (Lipinski definition) is 2. The minimum absolute atomic E-state index is 0.0751. The van der Waals surface area contributed by atoms with Crippen molar-refractivity contribution in [2.24, 2.45) is 12.5 Å². The molecule has 2 atom stereocenters. The number of carboxylic acid groups (broad SMARTS) is 1. The predicted molar refractivity (Wildman–Crippen MR) is 128 cm³/mol. The van der Waals surface area contributed by atoms with Gasteiger partial charge in [0.25, 0.3) is 0 Å². The molecule has 6 nitrogen and oxygen atoms in total. The summed E-state index contributed by atoms with van der Waals surface area (Å²) in [6.07, 6.45) is 0.641. The van der Waals surface area contributed by atoms with E-state index in [9.17, 15) is 9.90 Å². The summed E-state index contributed by atoms with van der Waals surface area (Å²) >= 11 is 14.6. The van der Waals surface area contributed by atoms with Gasteiger partial charge in [0.2, 0.25) is 0 Å². The number of anilines is 1. The van der Waals surface area contributed by atoms with Gasteiger partial charge in [0.05, 0.1) is 16.5 Å². The first-order valence-electron chi connectivity index (χ1n) is 10.5. The highest BCUT2D eigenvalue weighted by atomic mass is 35.5. The van der Waals surface area contributed by atoms with Crippen LogP contribution in [0.15, 0.2) is 18.2 Å². The molecular formula is C22H28Cl2N4O2S. The minimum atomic E-state index is -0.901. The van der Waals surface area contributed by atoms with Crippen molar-refractivity contribution in [3.8, 4) is 0 Å². The Kier molecular flexibility index (Phi) is 5.90. The van der Waals surface area contributed by atoms with E-state index in [2.05, 4.69) is 26.1 Å². The molecule has 4 rings (SSSR count). The second-order valence-electron chi connectivity index (χ2n) is 9.23. The fourth-order valence-corrected chi connectivity index (χ4v) is 6.96. The molecule has 2 aromatic rings. The van der Waals surface area contributed by atoms with Gasteiger partial charge >= 0.3 is 6.09 Å². The molecule has 0 radical (unpaired) electrons. The zero-order chi connectivity index (χ0) is 22.6. The molecule has 1 saturated heterocycles. The van der Waals surface area contributed by atoms with Crippen molar-refractivity contribution in [2.45, 2.75) is 44.4 Å². The summed E-state index contributed by atoms with van der Waals surface area (Å²) in [5.41, 5.74) is 1.75. The van der Waals surface area contributed by atoms with E-state index in [0.29, 0.717) is 16.6 Å². The van der Waals surface area contributed by atoms with Crippen molar-refractivity contribution >= 4 is 46.9 Å². The lowest BCUT2D eigenvalue weighted by Gasteiger charge is -2.46. The van der Waals surface area contributed by atoms with Gasteiger partial charge in [-0.15, -0.1) is 11.8 Å². The van der Waals surface area contributed by atoms with Gasteiger partial charge in [-0.3, -0.25) is 9.58 Å². The van der Waals surface area contributed by atoms with Crippen LogP contribution >= 0.6 is 35.0 Å². The molecule has 31 heavy (non-hydrogen) atoms. The Labute approximate surface area is 197 Å². The number of halogens is 2. The van der Waals surface area contributed by atoms with Gasteiger partial charge in [-0.05, 0) is 36.0 Å². The molecular weight excluding hydrogens is 455 g/mol. The maximum atomic E-state index is 12.4. The molecule has 1 aromatic heterocycles. The number of aryl methyl sites for hydroxylation is 1. The molecule has 2 aliphatic heterocycles. The Morgan fingerprint density at radius 3 is 2.74 bits per heavy atom. The molecule has 9 heteroatoms. The van der Waals surface area contributed by atoms with Crippen LogP contribution in [0.3, 0.4) is 0 Å². The van der Waals surface area contributed by atoms with Crippen LogP contribution in [-0.4, -0.2) is 44.7 Å². The van der Waals surface area contributed by atoms with Crippen molar-refractivity contribution in [3.63, 3.8) is 0 Å². The van der Waals surface area contributed by atoms with Crippen molar-refractivity contribution in [1.29, 1.82) is 0 Å². The SMILES string of the molecule is Cn1nc([C@@]2(C(C)(C)C)CCCN2C(=O)O)c2c1NCCSC2c1ccc(Cl)cc1Cl. The van der Waals surface area contributed by atoms with Gasteiger partial charge in [0.1, 0.15) is 5.82 Å². The summed E-state index contributed by atoms with van der Waals surface area (Å²) in [4.78, 5) is 14.0. The van der Waals surface area contributed by atoms with Crippen molar-refractivity contribution < 1.29 is 9.90 Å². The van der Waals surface area contributed by atoms with Gasteiger partial charge < -0.3 is 10.4 Å². The third-order valence-corrected chi connectivity index (χ3v) is 8.34. The van der Waals surface area contributed by atoms with Gasteiger partial charge in [0, 0.05) is 41.5 Å². The zero-order valence-electron chi connectivity index (χ0n) is 18.2. The third-order valence-electron chi connectivity index (χ3n) is 6.51. The van der Waals surface area contributed by atoms with Crippen LogP contribution in [0.4, 0.5) is 10.6 Å². The molecule has 1 amide bonds. The van der Waals surface area contributed by atoms with E-state index in [1.54, 1.807) is 22.7 Å².